The molecule has 8 heteroatoms. The standard InChI is InChI=1S/C12H19N5O3/c1-7(6-18)16-10(11(13)14-3)12(19)15-5-9-4-8(2)20-17-9/h4,6-7,14,16H,5,13H2,1-3H3,(H,15,19)/b11-10+/t7-/m0/s1. The third-order valence-corrected chi connectivity index (χ3v) is 2.45. The van der Waals surface area contributed by atoms with Crippen LogP contribution in [-0.4, -0.2) is 30.4 Å². The number of carbonyl (C=O) groups is 2. The maximum absolute atomic E-state index is 12.0. The highest BCUT2D eigenvalue weighted by molar-refractivity contribution is 5.93. The van der Waals surface area contributed by atoms with Gasteiger partial charge in [-0.25, -0.2) is 0 Å². The summed E-state index contributed by atoms with van der Waals surface area (Å²) in [5.41, 5.74) is 6.39. The first-order valence-corrected chi connectivity index (χ1v) is 6.07. The van der Waals surface area contributed by atoms with E-state index in [0.717, 1.165) is 0 Å². The molecule has 1 heterocycles. The maximum Gasteiger partial charge on any atom is 0.271 e. The van der Waals surface area contributed by atoms with E-state index in [-0.39, 0.29) is 18.1 Å². The summed E-state index contributed by atoms with van der Waals surface area (Å²) in [5.74, 6) is 0.367. The van der Waals surface area contributed by atoms with Crippen LogP contribution >= 0.6 is 0 Å². The quantitative estimate of drug-likeness (QED) is 0.378. The molecule has 0 bridgehead atoms. The van der Waals surface area contributed by atoms with Crippen molar-refractivity contribution in [3.63, 3.8) is 0 Å². The molecule has 0 saturated heterocycles. The minimum absolute atomic E-state index is 0.104. The van der Waals surface area contributed by atoms with Crippen LogP contribution < -0.4 is 21.7 Å². The van der Waals surface area contributed by atoms with Crippen molar-refractivity contribution in [1.29, 1.82) is 0 Å². The Balaban J connectivity index is 2.71. The molecular weight excluding hydrogens is 262 g/mol. The monoisotopic (exact) mass is 281 g/mol. The second kappa shape index (κ2) is 7.17. The summed E-state index contributed by atoms with van der Waals surface area (Å²) in [4.78, 5) is 22.7. The molecule has 110 valence electrons. The van der Waals surface area contributed by atoms with Gasteiger partial charge in [0, 0.05) is 13.1 Å². The van der Waals surface area contributed by atoms with Crippen molar-refractivity contribution in [3.05, 3.63) is 29.0 Å². The number of amides is 1. The maximum atomic E-state index is 12.0. The molecule has 0 aliphatic heterocycles. The van der Waals surface area contributed by atoms with E-state index in [2.05, 4.69) is 21.1 Å². The van der Waals surface area contributed by atoms with E-state index >= 15 is 0 Å². The molecular formula is C12H19N5O3. The molecule has 1 amide bonds. The summed E-state index contributed by atoms with van der Waals surface area (Å²) in [5, 5.41) is 11.8. The highest BCUT2D eigenvalue weighted by atomic mass is 16.5. The fraction of sp³-hybridized carbons (Fsp3) is 0.417. The smallest absolute Gasteiger partial charge is 0.271 e. The Labute approximate surface area is 116 Å². The number of nitrogens with two attached hydrogens (primary N) is 1. The molecule has 0 aromatic carbocycles. The number of nitrogens with one attached hydrogen (secondary N) is 3. The Morgan fingerprint density at radius 1 is 1.60 bits per heavy atom. The normalized spacial score (nSPS) is 13.2. The van der Waals surface area contributed by atoms with Crippen LogP contribution in [0, 0.1) is 6.92 Å². The predicted molar refractivity (Wildman–Crippen MR) is 72.0 cm³/mol. The van der Waals surface area contributed by atoms with Gasteiger partial charge < -0.3 is 31.0 Å². The van der Waals surface area contributed by atoms with Gasteiger partial charge in [-0.05, 0) is 13.8 Å². The fourth-order valence-electron chi connectivity index (χ4n) is 1.41. The first-order chi connectivity index (χ1) is 9.47. The lowest BCUT2D eigenvalue weighted by atomic mass is 10.3. The Hall–Kier alpha value is -2.51. The number of nitrogens with zero attached hydrogens (tertiary/aromatic N) is 1. The molecule has 0 radical (unpaired) electrons. The van der Waals surface area contributed by atoms with Crippen LogP contribution in [0.1, 0.15) is 18.4 Å². The highest BCUT2D eigenvalue weighted by Gasteiger charge is 2.16. The van der Waals surface area contributed by atoms with Crippen LogP contribution in [0.15, 0.2) is 22.1 Å². The number of aldehydes is 1. The number of carbonyl (C=O) groups excluding carboxylic acids is 2. The van der Waals surface area contributed by atoms with Crippen LogP contribution in [0.3, 0.4) is 0 Å². The van der Waals surface area contributed by atoms with Gasteiger partial charge in [-0.1, -0.05) is 5.16 Å². The zero-order valence-electron chi connectivity index (χ0n) is 11.7. The van der Waals surface area contributed by atoms with Crippen molar-refractivity contribution in [3.8, 4) is 0 Å². The third kappa shape index (κ3) is 4.30. The summed E-state index contributed by atoms with van der Waals surface area (Å²) in [6.07, 6.45) is 0.678. The summed E-state index contributed by atoms with van der Waals surface area (Å²) in [7, 11) is 1.58. The summed E-state index contributed by atoms with van der Waals surface area (Å²) in [6, 6.07) is 1.18. The number of hydrogen-bond acceptors (Lipinski definition) is 7. The molecule has 20 heavy (non-hydrogen) atoms. The molecule has 0 aliphatic carbocycles. The van der Waals surface area contributed by atoms with Gasteiger partial charge in [-0.15, -0.1) is 0 Å². The minimum Gasteiger partial charge on any atom is -0.384 e. The molecule has 0 aliphatic rings. The van der Waals surface area contributed by atoms with E-state index in [1.807, 2.05) is 0 Å². The topological polar surface area (TPSA) is 122 Å². The van der Waals surface area contributed by atoms with Crippen molar-refractivity contribution in [2.24, 2.45) is 5.73 Å². The summed E-state index contributed by atoms with van der Waals surface area (Å²) < 4.78 is 4.90. The SMILES string of the molecule is CN/C(N)=C(/N[C@@H](C)C=O)C(=O)NCc1cc(C)on1. The van der Waals surface area contributed by atoms with E-state index < -0.39 is 11.9 Å². The Kier molecular flexibility index (Phi) is 5.57. The lowest BCUT2D eigenvalue weighted by Crippen LogP contribution is -2.40. The molecule has 5 N–H and O–H groups in total. The number of rotatable bonds is 7. The van der Waals surface area contributed by atoms with Crippen LogP contribution in [0.5, 0.6) is 0 Å². The predicted octanol–water partition coefficient (Wildman–Crippen LogP) is -0.877. The van der Waals surface area contributed by atoms with E-state index in [9.17, 15) is 9.59 Å². The van der Waals surface area contributed by atoms with E-state index in [0.29, 0.717) is 17.7 Å². The van der Waals surface area contributed by atoms with Gasteiger partial charge in [0.15, 0.2) is 0 Å². The van der Waals surface area contributed by atoms with Crippen molar-refractivity contribution in [1.82, 2.24) is 21.1 Å². The molecule has 8 nitrogen and oxygen atoms in total. The Bertz CT molecular complexity index is 509. The van der Waals surface area contributed by atoms with Gasteiger partial charge in [-0.2, -0.15) is 0 Å². The van der Waals surface area contributed by atoms with Gasteiger partial charge in [-0.3, -0.25) is 4.79 Å². The van der Waals surface area contributed by atoms with Crippen LogP contribution in [0.2, 0.25) is 0 Å². The van der Waals surface area contributed by atoms with Crippen LogP contribution in [-0.2, 0) is 16.1 Å². The van der Waals surface area contributed by atoms with Crippen LogP contribution in [0.4, 0.5) is 0 Å². The first-order valence-electron chi connectivity index (χ1n) is 6.07. The van der Waals surface area contributed by atoms with Gasteiger partial charge in [0.1, 0.15) is 29.3 Å². The lowest BCUT2D eigenvalue weighted by Gasteiger charge is -2.15. The number of hydrogen-bond donors (Lipinski definition) is 4. The first kappa shape index (κ1) is 15.5. The molecule has 0 fully saturated rings. The molecule has 1 aromatic heterocycles. The molecule has 0 saturated carbocycles. The fourth-order valence-corrected chi connectivity index (χ4v) is 1.41. The van der Waals surface area contributed by atoms with Crippen molar-refractivity contribution in [2.75, 3.05) is 7.05 Å². The molecule has 1 rings (SSSR count). The average Bonchev–Trinajstić information content (AvgIpc) is 2.86. The van der Waals surface area contributed by atoms with Gasteiger partial charge in [0.25, 0.3) is 5.91 Å². The second-order valence-corrected chi connectivity index (χ2v) is 4.22. The van der Waals surface area contributed by atoms with E-state index in [1.165, 1.54) is 0 Å². The Morgan fingerprint density at radius 2 is 2.30 bits per heavy atom. The molecule has 0 spiro atoms. The van der Waals surface area contributed by atoms with Crippen molar-refractivity contribution in [2.45, 2.75) is 26.4 Å². The molecule has 1 aromatic rings. The average molecular weight is 281 g/mol. The van der Waals surface area contributed by atoms with E-state index in [1.54, 1.807) is 27.0 Å². The lowest BCUT2D eigenvalue weighted by molar-refractivity contribution is -0.118. The largest absolute Gasteiger partial charge is 0.384 e. The zero-order chi connectivity index (χ0) is 15.1. The van der Waals surface area contributed by atoms with E-state index in [4.69, 9.17) is 10.3 Å². The molecule has 1 atom stereocenters. The summed E-state index contributed by atoms with van der Waals surface area (Å²) >= 11 is 0. The van der Waals surface area contributed by atoms with Crippen LogP contribution in [0.25, 0.3) is 0 Å². The second-order valence-electron chi connectivity index (χ2n) is 4.22. The highest BCUT2D eigenvalue weighted by Crippen LogP contribution is 2.02. The Morgan fingerprint density at radius 3 is 2.80 bits per heavy atom. The minimum atomic E-state index is -0.531. The molecule has 0 unspecified atom stereocenters. The van der Waals surface area contributed by atoms with Crippen molar-refractivity contribution < 1.29 is 14.1 Å². The number of aromatic nitrogens is 1. The van der Waals surface area contributed by atoms with Gasteiger partial charge in [0.05, 0.1) is 12.6 Å². The third-order valence-electron chi connectivity index (χ3n) is 2.45. The van der Waals surface area contributed by atoms with Gasteiger partial charge in [0.2, 0.25) is 0 Å². The van der Waals surface area contributed by atoms with Gasteiger partial charge >= 0.3 is 0 Å². The number of aryl methyl sites for hydroxylation is 1. The zero-order valence-corrected chi connectivity index (χ0v) is 11.7. The summed E-state index contributed by atoms with van der Waals surface area (Å²) in [6.45, 7) is 3.58. The van der Waals surface area contributed by atoms with Crippen molar-refractivity contribution >= 4 is 12.2 Å².